The van der Waals surface area contributed by atoms with Crippen molar-refractivity contribution in [1.29, 1.82) is 0 Å². The van der Waals surface area contributed by atoms with Crippen LogP contribution in [-0.2, 0) is 4.79 Å². The number of hydrogen-bond donors (Lipinski definition) is 2. The third kappa shape index (κ3) is 7.55. The molecule has 4 heteroatoms. The minimum absolute atomic E-state index is 0.206. The molecule has 1 rings (SSSR count). The van der Waals surface area contributed by atoms with Gasteiger partial charge in [-0.25, -0.2) is 0 Å². The molecule has 1 aromatic carbocycles. The predicted octanol–water partition coefficient (Wildman–Crippen LogP) is 4.39. The van der Waals surface area contributed by atoms with E-state index in [9.17, 15) is 4.79 Å². The summed E-state index contributed by atoms with van der Waals surface area (Å²) in [6.45, 7) is 8.52. The van der Waals surface area contributed by atoms with Gasteiger partial charge in [0.1, 0.15) is 0 Å². The van der Waals surface area contributed by atoms with Crippen molar-refractivity contribution in [3.05, 3.63) is 30.3 Å². The van der Waals surface area contributed by atoms with Crippen molar-refractivity contribution < 1.29 is 4.79 Å². The number of carbonyl (C=O) groups is 1. The SMILES string of the molecule is CC(C)CCC(=O)[C@H](CC(C)C)NC(=S)Nc1ccccc1. The second kappa shape index (κ2) is 9.57. The number of para-hydroxylation sites is 1. The highest BCUT2D eigenvalue weighted by atomic mass is 32.1. The molecule has 122 valence electrons. The first-order valence-electron chi connectivity index (χ1n) is 8.03. The summed E-state index contributed by atoms with van der Waals surface area (Å²) >= 11 is 5.35. The molecule has 0 saturated carbocycles. The first-order valence-corrected chi connectivity index (χ1v) is 8.44. The van der Waals surface area contributed by atoms with Crippen LogP contribution in [-0.4, -0.2) is 16.9 Å². The molecule has 3 nitrogen and oxygen atoms in total. The van der Waals surface area contributed by atoms with Crippen LogP contribution in [0.5, 0.6) is 0 Å². The van der Waals surface area contributed by atoms with Crippen molar-refractivity contribution in [2.45, 2.75) is 53.0 Å². The predicted molar refractivity (Wildman–Crippen MR) is 98.1 cm³/mol. The monoisotopic (exact) mass is 320 g/mol. The summed E-state index contributed by atoms with van der Waals surface area (Å²) in [5, 5.41) is 6.83. The van der Waals surface area contributed by atoms with Gasteiger partial charge in [-0.2, -0.15) is 0 Å². The van der Waals surface area contributed by atoms with Crippen molar-refractivity contribution in [2.24, 2.45) is 11.8 Å². The number of nitrogens with one attached hydrogen (secondary N) is 2. The maximum absolute atomic E-state index is 12.4. The molecular formula is C18H28N2OS. The van der Waals surface area contributed by atoms with E-state index >= 15 is 0 Å². The lowest BCUT2D eigenvalue weighted by Gasteiger charge is -2.22. The van der Waals surface area contributed by atoms with Crippen LogP contribution in [0, 0.1) is 11.8 Å². The Morgan fingerprint density at radius 1 is 1.09 bits per heavy atom. The zero-order valence-corrected chi connectivity index (χ0v) is 14.9. The molecule has 0 aliphatic rings. The van der Waals surface area contributed by atoms with Gasteiger partial charge < -0.3 is 10.6 Å². The Hall–Kier alpha value is -1.42. The topological polar surface area (TPSA) is 41.1 Å². The Labute approximate surface area is 139 Å². The molecule has 0 aromatic heterocycles. The number of Topliss-reactive ketones (excluding diaryl/α,β-unsaturated/α-hetero) is 1. The Morgan fingerprint density at radius 3 is 2.27 bits per heavy atom. The largest absolute Gasteiger partial charge is 0.353 e. The summed E-state index contributed by atoms with van der Waals surface area (Å²) in [5.74, 6) is 1.23. The molecule has 1 atom stereocenters. The van der Waals surface area contributed by atoms with Gasteiger partial charge in [-0.3, -0.25) is 4.79 Å². The van der Waals surface area contributed by atoms with Gasteiger partial charge in [0.05, 0.1) is 6.04 Å². The highest BCUT2D eigenvalue weighted by Gasteiger charge is 2.20. The fourth-order valence-electron chi connectivity index (χ4n) is 2.19. The summed E-state index contributed by atoms with van der Waals surface area (Å²) in [7, 11) is 0. The number of rotatable bonds is 8. The summed E-state index contributed by atoms with van der Waals surface area (Å²) in [4.78, 5) is 12.4. The maximum Gasteiger partial charge on any atom is 0.171 e. The van der Waals surface area contributed by atoms with Crippen LogP contribution in [0.15, 0.2) is 30.3 Å². The average Bonchev–Trinajstić information content (AvgIpc) is 2.44. The van der Waals surface area contributed by atoms with Crippen molar-refractivity contribution in [2.75, 3.05) is 5.32 Å². The third-order valence-corrected chi connectivity index (χ3v) is 3.62. The van der Waals surface area contributed by atoms with E-state index in [1.54, 1.807) is 0 Å². The minimum Gasteiger partial charge on any atom is -0.353 e. The number of carbonyl (C=O) groups excluding carboxylic acids is 1. The molecule has 2 N–H and O–H groups in total. The number of hydrogen-bond acceptors (Lipinski definition) is 2. The molecule has 0 saturated heterocycles. The zero-order valence-electron chi connectivity index (χ0n) is 14.1. The van der Waals surface area contributed by atoms with Crippen LogP contribution in [0.25, 0.3) is 0 Å². The first-order chi connectivity index (χ1) is 10.4. The van der Waals surface area contributed by atoms with Crippen LogP contribution in [0.2, 0.25) is 0 Å². The van der Waals surface area contributed by atoms with E-state index < -0.39 is 0 Å². The van der Waals surface area contributed by atoms with Gasteiger partial charge >= 0.3 is 0 Å². The van der Waals surface area contributed by atoms with E-state index in [-0.39, 0.29) is 11.8 Å². The molecule has 1 aromatic rings. The molecule has 0 fully saturated rings. The highest BCUT2D eigenvalue weighted by molar-refractivity contribution is 7.80. The van der Waals surface area contributed by atoms with Crippen LogP contribution in [0.1, 0.15) is 47.0 Å². The standard InChI is InChI=1S/C18H28N2OS/c1-13(2)10-11-17(21)16(12-14(3)4)20-18(22)19-15-8-6-5-7-9-15/h5-9,13-14,16H,10-12H2,1-4H3,(H2,19,20,22)/t16-/m0/s1. The zero-order chi connectivity index (χ0) is 16.5. The second-order valence-electron chi connectivity index (χ2n) is 6.55. The van der Waals surface area contributed by atoms with E-state index in [4.69, 9.17) is 12.2 Å². The second-order valence-corrected chi connectivity index (χ2v) is 6.95. The number of thiocarbonyl (C=S) groups is 1. The van der Waals surface area contributed by atoms with Gasteiger partial charge in [-0.05, 0) is 49.0 Å². The van der Waals surface area contributed by atoms with Crippen LogP contribution >= 0.6 is 12.2 Å². The van der Waals surface area contributed by atoms with E-state index in [1.165, 1.54) is 0 Å². The molecule has 22 heavy (non-hydrogen) atoms. The molecular weight excluding hydrogens is 292 g/mol. The molecule has 0 aliphatic heterocycles. The lowest BCUT2D eigenvalue weighted by atomic mass is 9.95. The normalized spacial score (nSPS) is 12.3. The Kier molecular flexibility index (Phi) is 8.10. The maximum atomic E-state index is 12.4. The Bertz CT molecular complexity index is 471. The van der Waals surface area contributed by atoms with Crippen molar-refractivity contribution in [3.8, 4) is 0 Å². The molecule has 0 unspecified atom stereocenters. The van der Waals surface area contributed by atoms with E-state index in [2.05, 4.69) is 38.3 Å². The fourth-order valence-corrected chi connectivity index (χ4v) is 2.45. The van der Waals surface area contributed by atoms with Crippen molar-refractivity contribution >= 4 is 28.8 Å². The number of ketones is 1. The van der Waals surface area contributed by atoms with E-state index in [1.807, 2.05) is 30.3 Å². The molecule has 0 aliphatic carbocycles. The van der Waals surface area contributed by atoms with E-state index in [0.717, 1.165) is 18.5 Å². The molecule has 0 spiro atoms. The molecule has 0 radical (unpaired) electrons. The Balaban J connectivity index is 2.59. The summed E-state index contributed by atoms with van der Waals surface area (Å²) in [6, 6.07) is 9.55. The summed E-state index contributed by atoms with van der Waals surface area (Å²) in [6.07, 6.45) is 2.33. The lowest BCUT2D eigenvalue weighted by Crippen LogP contribution is -2.43. The van der Waals surface area contributed by atoms with Crippen molar-refractivity contribution in [3.63, 3.8) is 0 Å². The summed E-state index contributed by atoms with van der Waals surface area (Å²) in [5.41, 5.74) is 0.929. The van der Waals surface area contributed by atoms with Gasteiger partial charge in [0, 0.05) is 12.1 Å². The smallest absolute Gasteiger partial charge is 0.171 e. The van der Waals surface area contributed by atoms with Crippen LogP contribution < -0.4 is 10.6 Å². The average molecular weight is 321 g/mol. The molecule has 0 bridgehead atoms. The fraction of sp³-hybridized carbons (Fsp3) is 0.556. The van der Waals surface area contributed by atoms with Gasteiger partial charge in [0.15, 0.2) is 10.9 Å². The minimum atomic E-state index is -0.206. The number of benzene rings is 1. The van der Waals surface area contributed by atoms with Gasteiger partial charge in [0.2, 0.25) is 0 Å². The molecule has 0 heterocycles. The van der Waals surface area contributed by atoms with Gasteiger partial charge in [-0.15, -0.1) is 0 Å². The van der Waals surface area contributed by atoms with Gasteiger partial charge in [-0.1, -0.05) is 45.9 Å². The number of anilines is 1. The Morgan fingerprint density at radius 2 is 1.73 bits per heavy atom. The van der Waals surface area contributed by atoms with Crippen LogP contribution in [0.3, 0.4) is 0 Å². The van der Waals surface area contributed by atoms with Gasteiger partial charge in [0.25, 0.3) is 0 Å². The first kappa shape index (κ1) is 18.6. The third-order valence-electron chi connectivity index (χ3n) is 3.40. The molecule has 0 amide bonds. The quantitative estimate of drug-likeness (QED) is 0.697. The summed E-state index contributed by atoms with van der Waals surface area (Å²) < 4.78 is 0. The van der Waals surface area contributed by atoms with E-state index in [0.29, 0.717) is 23.4 Å². The lowest BCUT2D eigenvalue weighted by molar-refractivity contribution is -0.121. The highest BCUT2D eigenvalue weighted by Crippen LogP contribution is 2.12. The van der Waals surface area contributed by atoms with Crippen LogP contribution in [0.4, 0.5) is 5.69 Å². The van der Waals surface area contributed by atoms with Crippen molar-refractivity contribution in [1.82, 2.24) is 5.32 Å².